The molecule has 0 unspecified atom stereocenters. The molecule has 0 radical (unpaired) electrons. The Morgan fingerprint density at radius 1 is 1.08 bits per heavy atom. The maximum absolute atomic E-state index is 13.8. The SMILES string of the molecule is Fc1ccccc1CSc1nccn2nc(-c3ccc(Br)cc3)cc12. The first-order chi connectivity index (χ1) is 12.2. The van der Waals surface area contributed by atoms with Crippen LogP contribution in [0.25, 0.3) is 16.8 Å². The lowest BCUT2D eigenvalue weighted by Crippen LogP contribution is -1.92. The van der Waals surface area contributed by atoms with Crippen LogP contribution in [0.2, 0.25) is 0 Å². The lowest BCUT2D eigenvalue weighted by molar-refractivity contribution is 0.617. The van der Waals surface area contributed by atoms with Crippen LogP contribution in [0.5, 0.6) is 0 Å². The number of rotatable bonds is 4. The van der Waals surface area contributed by atoms with Crippen molar-refractivity contribution in [2.45, 2.75) is 10.8 Å². The summed E-state index contributed by atoms with van der Waals surface area (Å²) in [6.07, 6.45) is 3.54. The molecule has 0 aliphatic rings. The number of halogens is 2. The summed E-state index contributed by atoms with van der Waals surface area (Å²) in [6.45, 7) is 0. The zero-order valence-electron chi connectivity index (χ0n) is 13.1. The van der Waals surface area contributed by atoms with E-state index in [4.69, 9.17) is 0 Å². The fourth-order valence-electron chi connectivity index (χ4n) is 2.53. The molecule has 6 heteroatoms. The van der Waals surface area contributed by atoms with Crippen molar-refractivity contribution in [2.24, 2.45) is 0 Å². The fraction of sp³-hybridized carbons (Fsp3) is 0.0526. The number of fused-ring (bicyclic) bond motifs is 1. The average Bonchev–Trinajstić information content (AvgIpc) is 3.06. The van der Waals surface area contributed by atoms with E-state index in [1.807, 2.05) is 47.1 Å². The van der Waals surface area contributed by atoms with Gasteiger partial charge in [-0.3, -0.25) is 0 Å². The van der Waals surface area contributed by atoms with E-state index in [1.165, 1.54) is 17.8 Å². The van der Waals surface area contributed by atoms with E-state index in [1.54, 1.807) is 18.3 Å². The van der Waals surface area contributed by atoms with Gasteiger partial charge in [-0.1, -0.05) is 58.0 Å². The standard InChI is InChI=1S/C19H13BrFN3S/c20-15-7-5-13(6-8-15)17-11-18-19(22-9-10-24(18)23-17)25-12-14-3-1-2-4-16(14)21/h1-11H,12H2. The quantitative estimate of drug-likeness (QED) is 0.408. The smallest absolute Gasteiger partial charge is 0.127 e. The minimum absolute atomic E-state index is 0.189. The lowest BCUT2D eigenvalue weighted by atomic mass is 10.1. The van der Waals surface area contributed by atoms with E-state index >= 15 is 0 Å². The second-order valence-electron chi connectivity index (χ2n) is 5.48. The molecule has 4 rings (SSSR count). The summed E-state index contributed by atoms with van der Waals surface area (Å²) < 4.78 is 16.7. The van der Waals surface area contributed by atoms with Crippen LogP contribution in [0.15, 0.2) is 76.5 Å². The van der Waals surface area contributed by atoms with Gasteiger partial charge in [0, 0.05) is 28.2 Å². The van der Waals surface area contributed by atoms with E-state index in [-0.39, 0.29) is 5.82 Å². The van der Waals surface area contributed by atoms with Gasteiger partial charge in [0.25, 0.3) is 0 Å². The van der Waals surface area contributed by atoms with Crippen molar-refractivity contribution in [3.63, 3.8) is 0 Å². The number of nitrogens with zero attached hydrogens (tertiary/aromatic N) is 3. The van der Waals surface area contributed by atoms with Gasteiger partial charge in [-0.2, -0.15) is 5.10 Å². The Hall–Kier alpha value is -2.18. The third-order valence-corrected chi connectivity index (χ3v) is 5.39. The first-order valence-corrected chi connectivity index (χ1v) is 9.45. The van der Waals surface area contributed by atoms with Gasteiger partial charge in [0.05, 0.1) is 11.2 Å². The third kappa shape index (κ3) is 3.45. The predicted octanol–water partition coefficient (Wildman–Crippen LogP) is 5.59. The summed E-state index contributed by atoms with van der Waals surface area (Å²) in [5, 5.41) is 5.45. The maximum atomic E-state index is 13.8. The van der Waals surface area contributed by atoms with E-state index in [0.717, 1.165) is 26.3 Å². The Morgan fingerprint density at radius 3 is 2.68 bits per heavy atom. The van der Waals surface area contributed by atoms with Crippen LogP contribution in [0.3, 0.4) is 0 Å². The highest BCUT2D eigenvalue weighted by molar-refractivity contribution is 9.10. The van der Waals surface area contributed by atoms with Gasteiger partial charge >= 0.3 is 0 Å². The molecule has 0 bridgehead atoms. The van der Waals surface area contributed by atoms with Crippen LogP contribution in [0, 0.1) is 5.82 Å². The van der Waals surface area contributed by atoms with Crippen LogP contribution in [0.4, 0.5) is 4.39 Å². The Balaban J connectivity index is 1.66. The van der Waals surface area contributed by atoms with Crippen LogP contribution in [-0.4, -0.2) is 14.6 Å². The summed E-state index contributed by atoms with van der Waals surface area (Å²) in [7, 11) is 0. The Kier molecular flexibility index (Phi) is 4.55. The molecule has 25 heavy (non-hydrogen) atoms. The second kappa shape index (κ2) is 6.98. The summed E-state index contributed by atoms with van der Waals surface area (Å²) >= 11 is 4.95. The van der Waals surface area contributed by atoms with E-state index in [9.17, 15) is 4.39 Å². The highest BCUT2D eigenvalue weighted by Crippen LogP contribution is 2.29. The molecule has 0 spiro atoms. The zero-order chi connectivity index (χ0) is 17.2. The van der Waals surface area contributed by atoms with Crippen LogP contribution in [0.1, 0.15) is 5.56 Å². The minimum Gasteiger partial charge on any atom is -0.246 e. The van der Waals surface area contributed by atoms with Gasteiger partial charge in [0.2, 0.25) is 0 Å². The molecule has 3 nitrogen and oxygen atoms in total. The molecule has 4 aromatic rings. The molecule has 2 heterocycles. The molecular weight excluding hydrogens is 401 g/mol. The van der Waals surface area contributed by atoms with E-state index in [0.29, 0.717) is 11.3 Å². The van der Waals surface area contributed by atoms with E-state index in [2.05, 4.69) is 26.0 Å². The molecule has 0 saturated heterocycles. The zero-order valence-corrected chi connectivity index (χ0v) is 15.5. The molecule has 0 fully saturated rings. The number of thioether (sulfide) groups is 1. The Bertz CT molecular complexity index is 1030. The van der Waals surface area contributed by atoms with Gasteiger partial charge in [-0.05, 0) is 29.8 Å². The first kappa shape index (κ1) is 16.3. The molecule has 0 saturated carbocycles. The summed E-state index contributed by atoms with van der Waals surface area (Å²) in [5.41, 5.74) is 3.51. The van der Waals surface area contributed by atoms with Gasteiger partial charge in [-0.25, -0.2) is 13.9 Å². The van der Waals surface area contributed by atoms with Gasteiger partial charge < -0.3 is 0 Å². The number of aromatic nitrogens is 3. The molecule has 2 aromatic heterocycles. The van der Waals surface area contributed by atoms with E-state index < -0.39 is 0 Å². The van der Waals surface area contributed by atoms with Gasteiger partial charge in [-0.15, -0.1) is 0 Å². The highest BCUT2D eigenvalue weighted by atomic mass is 79.9. The first-order valence-electron chi connectivity index (χ1n) is 7.67. The highest BCUT2D eigenvalue weighted by Gasteiger charge is 2.10. The molecule has 0 atom stereocenters. The topological polar surface area (TPSA) is 30.2 Å². The normalized spacial score (nSPS) is 11.1. The summed E-state index contributed by atoms with van der Waals surface area (Å²) in [4.78, 5) is 4.44. The van der Waals surface area contributed by atoms with Gasteiger partial charge in [0.15, 0.2) is 0 Å². The molecule has 2 aromatic carbocycles. The summed E-state index contributed by atoms with van der Waals surface area (Å²) in [5.74, 6) is 0.337. The molecular formula is C19H13BrFN3S. The largest absolute Gasteiger partial charge is 0.246 e. The van der Waals surface area contributed by atoms with Crippen molar-refractivity contribution in [1.29, 1.82) is 0 Å². The minimum atomic E-state index is -0.189. The number of hydrogen-bond donors (Lipinski definition) is 0. The predicted molar refractivity (Wildman–Crippen MR) is 102 cm³/mol. The van der Waals surface area contributed by atoms with Crippen LogP contribution in [-0.2, 0) is 5.75 Å². The fourth-order valence-corrected chi connectivity index (χ4v) is 3.76. The Morgan fingerprint density at radius 2 is 1.88 bits per heavy atom. The Labute approximate surface area is 157 Å². The monoisotopic (exact) mass is 413 g/mol. The molecule has 124 valence electrons. The maximum Gasteiger partial charge on any atom is 0.127 e. The van der Waals surface area contributed by atoms with Crippen molar-refractivity contribution < 1.29 is 4.39 Å². The molecule has 0 N–H and O–H groups in total. The van der Waals surface area contributed by atoms with Gasteiger partial charge in [0.1, 0.15) is 10.8 Å². The van der Waals surface area contributed by atoms with Crippen molar-refractivity contribution in [3.8, 4) is 11.3 Å². The van der Waals surface area contributed by atoms with Crippen molar-refractivity contribution >= 4 is 33.2 Å². The van der Waals surface area contributed by atoms with Crippen LogP contribution < -0.4 is 0 Å². The number of hydrogen-bond acceptors (Lipinski definition) is 3. The summed E-state index contributed by atoms with van der Waals surface area (Å²) in [6, 6.07) is 16.9. The average molecular weight is 414 g/mol. The molecule has 0 amide bonds. The third-order valence-electron chi connectivity index (χ3n) is 3.82. The van der Waals surface area contributed by atoms with Crippen LogP contribution >= 0.6 is 27.7 Å². The lowest BCUT2D eigenvalue weighted by Gasteiger charge is -2.04. The molecule has 0 aliphatic heterocycles. The van der Waals surface area contributed by atoms with Crippen molar-refractivity contribution in [3.05, 3.63) is 82.8 Å². The van der Waals surface area contributed by atoms with Crippen molar-refractivity contribution in [1.82, 2.24) is 14.6 Å². The van der Waals surface area contributed by atoms with Crippen molar-refractivity contribution in [2.75, 3.05) is 0 Å². The second-order valence-corrected chi connectivity index (χ2v) is 7.36. The molecule has 0 aliphatic carbocycles. The number of benzene rings is 2.